The first kappa shape index (κ1) is 17.4. The predicted molar refractivity (Wildman–Crippen MR) is 98.8 cm³/mol. The zero-order chi connectivity index (χ0) is 18.1. The Morgan fingerprint density at radius 1 is 1.12 bits per heavy atom. The van der Waals surface area contributed by atoms with Gasteiger partial charge in [0.05, 0.1) is 27.8 Å². The summed E-state index contributed by atoms with van der Waals surface area (Å²) in [6.07, 6.45) is 0. The van der Waals surface area contributed by atoms with Gasteiger partial charge in [-0.15, -0.1) is 11.3 Å². The third-order valence-electron chi connectivity index (χ3n) is 4.22. The molecule has 2 aromatic heterocycles. The summed E-state index contributed by atoms with van der Waals surface area (Å²) >= 11 is 1.67. The fourth-order valence-electron chi connectivity index (χ4n) is 2.82. The zero-order valence-electron chi connectivity index (χ0n) is 15.1. The average Bonchev–Trinajstić information content (AvgIpc) is 3.09. The van der Waals surface area contributed by atoms with Gasteiger partial charge in [-0.2, -0.15) is 0 Å². The number of aryl methyl sites for hydroxylation is 4. The van der Waals surface area contributed by atoms with Crippen LogP contribution in [0.3, 0.4) is 0 Å². The first-order chi connectivity index (χ1) is 11.9. The maximum absolute atomic E-state index is 12.7. The molecule has 0 unspecified atom stereocenters. The highest BCUT2D eigenvalue weighted by molar-refractivity contribution is 7.15. The quantitative estimate of drug-likeness (QED) is 0.700. The Morgan fingerprint density at radius 2 is 1.80 bits per heavy atom. The van der Waals surface area contributed by atoms with E-state index < -0.39 is 0 Å². The summed E-state index contributed by atoms with van der Waals surface area (Å²) in [5.41, 5.74) is 4.56. The van der Waals surface area contributed by atoms with Crippen molar-refractivity contribution in [3.05, 3.63) is 57.5 Å². The lowest BCUT2D eigenvalue weighted by Gasteiger charge is -2.17. The van der Waals surface area contributed by atoms with Crippen LogP contribution in [-0.4, -0.2) is 28.0 Å². The molecule has 0 saturated carbocycles. The number of hydrogen-bond donors (Lipinski definition) is 0. The molecule has 3 rings (SSSR count). The van der Waals surface area contributed by atoms with E-state index in [4.69, 9.17) is 4.52 Å². The molecule has 3 aromatic rings. The summed E-state index contributed by atoms with van der Waals surface area (Å²) in [4.78, 5) is 20.0. The highest BCUT2D eigenvalue weighted by atomic mass is 32.1. The lowest BCUT2D eigenvalue weighted by molar-refractivity contribution is 0.0784. The van der Waals surface area contributed by atoms with Crippen LogP contribution in [0.25, 0.3) is 10.4 Å². The van der Waals surface area contributed by atoms with Crippen molar-refractivity contribution < 1.29 is 9.32 Å². The number of hydrogen-bond acceptors (Lipinski definition) is 5. The summed E-state index contributed by atoms with van der Waals surface area (Å²) in [6.45, 7) is 8.24. The van der Waals surface area contributed by atoms with E-state index in [9.17, 15) is 4.79 Å². The maximum Gasteiger partial charge on any atom is 0.253 e. The molecule has 0 bridgehead atoms. The highest BCUT2D eigenvalue weighted by Gasteiger charge is 2.17. The van der Waals surface area contributed by atoms with Crippen LogP contribution in [0.4, 0.5) is 0 Å². The molecule has 0 aliphatic rings. The molecule has 0 fully saturated rings. The van der Waals surface area contributed by atoms with Crippen LogP contribution < -0.4 is 0 Å². The van der Waals surface area contributed by atoms with Gasteiger partial charge in [-0.3, -0.25) is 4.79 Å². The predicted octanol–water partition coefficient (Wildman–Crippen LogP) is 4.30. The van der Waals surface area contributed by atoms with Gasteiger partial charge in [-0.1, -0.05) is 17.3 Å². The minimum absolute atomic E-state index is 0.0243. The number of carbonyl (C=O) groups is 1. The van der Waals surface area contributed by atoms with E-state index >= 15 is 0 Å². The Kier molecular flexibility index (Phi) is 4.72. The number of benzene rings is 1. The Balaban J connectivity index is 1.77. The van der Waals surface area contributed by atoms with Gasteiger partial charge in [0.2, 0.25) is 0 Å². The zero-order valence-corrected chi connectivity index (χ0v) is 15.9. The molecule has 1 amide bonds. The van der Waals surface area contributed by atoms with Crippen LogP contribution in [-0.2, 0) is 6.54 Å². The van der Waals surface area contributed by atoms with E-state index in [2.05, 4.69) is 10.1 Å². The number of thiazole rings is 1. The average molecular weight is 355 g/mol. The van der Waals surface area contributed by atoms with Gasteiger partial charge in [0.25, 0.3) is 5.91 Å². The van der Waals surface area contributed by atoms with Crippen molar-refractivity contribution in [3.63, 3.8) is 0 Å². The second-order valence-corrected chi connectivity index (χ2v) is 7.39. The van der Waals surface area contributed by atoms with Crippen molar-refractivity contribution in [2.45, 2.75) is 34.2 Å². The molecule has 0 aliphatic carbocycles. The third kappa shape index (κ3) is 3.49. The van der Waals surface area contributed by atoms with Gasteiger partial charge in [0.1, 0.15) is 5.76 Å². The van der Waals surface area contributed by atoms with E-state index in [0.717, 1.165) is 38.2 Å². The topological polar surface area (TPSA) is 59.2 Å². The molecule has 0 spiro atoms. The molecule has 130 valence electrons. The van der Waals surface area contributed by atoms with Crippen molar-refractivity contribution in [1.29, 1.82) is 0 Å². The number of aromatic nitrogens is 2. The van der Waals surface area contributed by atoms with E-state index in [1.165, 1.54) is 0 Å². The summed E-state index contributed by atoms with van der Waals surface area (Å²) in [6, 6.07) is 7.71. The van der Waals surface area contributed by atoms with Gasteiger partial charge in [-0.25, -0.2) is 4.98 Å². The van der Waals surface area contributed by atoms with Gasteiger partial charge < -0.3 is 9.42 Å². The Bertz CT molecular complexity index is 890. The van der Waals surface area contributed by atoms with E-state index in [0.29, 0.717) is 12.1 Å². The van der Waals surface area contributed by atoms with E-state index in [1.54, 1.807) is 23.3 Å². The molecular formula is C19H21N3O2S. The second-order valence-electron chi connectivity index (χ2n) is 6.19. The van der Waals surface area contributed by atoms with Gasteiger partial charge in [-0.05, 0) is 45.4 Å². The molecule has 1 aromatic carbocycles. The summed E-state index contributed by atoms with van der Waals surface area (Å²) in [5.74, 6) is 0.729. The molecule has 2 heterocycles. The molecule has 0 N–H and O–H groups in total. The SMILES string of the molecule is Cc1nc(C)c(-c2ccc(C(=O)N(C)Cc3c(C)noc3C)cc2)s1. The molecule has 25 heavy (non-hydrogen) atoms. The number of carbonyl (C=O) groups excluding carboxylic acids is 1. The van der Waals surface area contributed by atoms with Crippen LogP contribution >= 0.6 is 11.3 Å². The van der Waals surface area contributed by atoms with Crippen LogP contribution in [0.1, 0.15) is 38.1 Å². The fraction of sp³-hybridized carbons (Fsp3) is 0.316. The lowest BCUT2D eigenvalue weighted by Crippen LogP contribution is -2.26. The van der Waals surface area contributed by atoms with Crippen LogP contribution in [0, 0.1) is 27.7 Å². The minimum atomic E-state index is -0.0243. The van der Waals surface area contributed by atoms with Crippen LogP contribution in [0.15, 0.2) is 28.8 Å². The number of amides is 1. The van der Waals surface area contributed by atoms with Crippen molar-refractivity contribution in [2.24, 2.45) is 0 Å². The largest absolute Gasteiger partial charge is 0.361 e. The van der Waals surface area contributed by atoms with Crippen molar-refractivity contribution in [2.75, 3.05) is 7.05 Å². The summed E-state index contributed by atoms with van der Waals surface area (Å²) in [5, 5.41) is 4.99. The molecular weight excluding hydrogens is 334 g/mol. The molecule has 0 saturated heterocycles. The Labute approximate surface area is 151 Å². The minimum Gasteiger partial charge on any atom is -0.361 e. The van der Waals surface area contributed by atoms with Crippen LogP contribution in [0.2, 0.25) is 0 Å². The highest BCUT2D eigenvalue weighted by Crippen LogP contribution is 2.30. The number of nitrogens with zero attached hydrogens (tertiary/aromatic N) is 3. The normalized spacial score (nSPS) is 10.9. The first-order valence-electron chi connectivity index (χ1n) is 8.08. The maximum atomic E-state index is 12.7. The molecule has 5 nitrogen and oxygen atoms in total. The van der Waals surface area contributed by atoms with E-state index in [1.807, 2.05) is 52.0 Å². The summed E-state index contributed by atoms with van der Waals surface area (Å²) in [7, 11) is 1.79. The van der Waals surface area contributed by atoms with Crippen LogP contribution in [0.5, 0.6) is 0 Å². The lowest BCUT2D eigenvalue weighted by atomic mass is 10.1. The molecule has 0 radical (unpaired) electrons. The second kappa shape index (κ2) is 6.80. The number of rotatable bonds is 4. The molecule has 0 atom stereocenters. The Morgan fingerprint density at radius 3 is 2.32 bits per heavy atom. The van der Waals surface area contributed by atoms with Gasteiger partial charge >= 0.3 is 0 Å². The Hall–Kier alpha value is -2.47. The van der Waals surface area contributed by atoms with Crippen molar-refractivity contribution in [1.82, 2.24) is 15.0 Å². The third-order valence-corrected chi connectivity index (χ3v) is 5.34. The van der Waals surface area contributed by atoms with Gasteiger partial charge in [0, 0.05) is 18.2 Å². The monoisotopic (exact) mass is 355 g/mol. The molecule has 6 heteroatoms. The first-order valence-corrected chi connectivity index (χ1v) is 8.90. The standard InChI is InChI=1S/C19H21N3O2S/c1-11-17(13(3)24-21-11)10-22(5)19(23)16-8-6-15(7-9-16)18-12(2)20-14(4)25-18/h6-9H,10H2,1-5H3. The van der Waals surface area contributed by atoms with E-state index in [-0.39, 0.29) is 5.91 Å². The summed E-state index contributed by atoms with van der Waals surface area (Å²) < 4.78 is 5.17. The van der Waals surface area contributed by atoms with Crippen molar-refractivity contribution in [3.8, 4) is 10.4 Å². The van der Waals surface area contributed by atoms with Gasteiger partial charge in [0.15, 0.2) is 0 Å². The smallest absolute Gasteiger partial charge is 0.253 e. The fourth-order valence-corrected chi connectivity index (χ4v) is 3.75. The van der Waals surface area contributed by atoms with Crippen molar-refractivity contribution >= 4 is 17.2 Å². The molecule has 0 aliphatic heterocycles.